The Kier molecular flexibility index (Phi) is 5.25. The van der Waals surface area contributed by atoms with Gasteiger partial charge in [-0.05, 0) is 6.42 Å². The Labute approximate surface area is 77.3 Å². The number of rotatable bonds is 4. The predicted octanol–water partition coefficient (Wildman–Crippen LogP) is -0.401. The molecule has 0 aliphatic rings. The van der Waals surface area contributed by atoms with Crippen molar-refractivity contribution in [1.29, 1.82) is 10.5 Å². The van der Waals surface area contributed by atoms with Gasteiger partial charge < -0.3 is 10.6 Å². The Balaban J connectivity index is 4.30. The molecule has 0 rings (SSSR count). The van der Waals surface area contributed by atoms with Crippen LogP contribution < -0.4 is 5.73 Å². The number of carbonyl (C=O) groups excluding carboxylic acids is 1. The second-order valence-corrected chi connectivity index (χ2v) is 2.53. The van der Waals surface area contributed by atoms with Crippen LogP contribution in [-0.4, -0.2) is 29.9 Å². The molecule has 0 aromatic rings. The summed E-state index contributed by atoms with van der Waals surface area (Å²) in [7, 11) is 0. The molecule has 0 saturated carbocycles. The number of amides is 1. The molecule has 70 valence electrons. The molecule has 0 fully saturated rings. The minimum absolute atomic E-state index is 0.0832. The maximum Gasteiger partial charge on any atom is 0.241 e. The maximum atomic E-state index is 11.4. The number of nitriles is 2. The minimum Gasteiger partial charge on any atom is -0.320 e. The topological polar surface area (TPSA) is 93.9 Å². The van der Waals surface area contributed by atoms with Crippen LogP contribution in [0.2, 0.25) is 0 Å². The van der Waals surface area contributed by atoms with E-state index in [1.165, 1.54) is 0 Å². The van der Waals surface area contributed by atoms with Crippen LogP contribution in [0.5, 0.6) is 0 Å². The summed E-state index contributed by atoms with van der Waals surface area (Å²) in [5.74, 6) is -0.342. The highest BCUT2D eigenvalue weighted by atomic mass is 16.2. The molecular weight excluding hydrogens is 168 g/mol. The monoisotopic (exact) mass is 180 g/mol. The highest BCUT2D eigenvalue weighted by Gasteiger charge is 2.18. The van der Waals surface area contributed by atoms with Crippen molar-refractivity contribution < 1.29 is 4.79 Å². The lowest BCUT2D eigenvalue weighted by Crippen LogP contribution is -2.43. The van der Waals surface area contributed by atoms with Gasteiger partial charge in [0.15, 0.2) is 0 Å². The van der Waals surface area contributed by atoms with Crippen LogP contribution in [0.4, 0.5) is 0 Å². The van der Waals surface area contributed by atoms with E-state index in [-0.39, 0.29) is 19.0 Å². The van der Waals surface area contributed by atoms with Gasteiger partial charge in [0.05, 0.1) is 18.2 Å². The fourth-order valence-corrected chi connectivity index (χ4v) is 0.792. The fourth-order valence-electron chi connectivity index (χ4n) is 0.792. The maximum absolute atomic E-state index is 11.4. The van der Waals surface area contributed by atoms with Gasteiger partial charge in [-0.1, -0.05) is 6.92 Å². The molecule has 0 saturated heterocycles. The average molecular weight is 180 g/mol. The molecule has 0 spiro atoms. The van der Waals surface area contributed by atoms with Gasteiger partial charge in [-0.25, -0.2) is 0 Å². The van der Waals surface area contributed by atoms with Crippen molar-refractivity contribution in [3.05, 3.63) is 0 Å². The molecule has 0 heterocycles. The molecule has 0 radical (unpaired) electrons. The van der Waals surface area contributed by atoms with Gasteiger partial charge in [0.25, 0.3) is 0 Å². The molecule has 0 bridgehead atoms. The quantitative estimate of drug-likeness (QED) is 0.595. The first-order valence-corrected chi connectivity index (χ1v) is 3.95. The molecule has 0 aliphatic carbocycles. The predicted molar refractivity (Wildman–Crippen MR) is 46.1 cm³/mol. The van der Waals surface area contributed by atoms with Crippen molar-refractivity contribution in [3.8, 4) is 12.1 Å². The molecule has 0 aromatic heterocycles. The molecule has 5 heteroatoms. The molecule has 2 N–H and O–H groups in total. The first kappa shape index (κ1) is 11.4. The van der Waals surface area contributed by atoms with Gasteiger partial charge in [0.2, 0.25) is 5.91 Å². The van der Waals surface area contributed by atoms with Crippen molar-refractivity contribution in [2.24, 2.45) is 5.73 Å². The van der Waals surface area contributed by atoms with E-state index in [0.717, 1.165) is 4.90 Å². The molecule has 5 nitrogen and oxygen atoms in total. The van der Waals surface area contributed by atoms with E-state index >= 15 is 0 Å². The standard InChI is InChI=1S/C8H12N4O/c1-2-7(11)8(13)12(5-3-9)6-4-10/h7H,2,5-6,11H2,1H3/t7-/m1/s1. The Hall–Kier alpha value is -1.59. The lowest BCUT2D eigenvalue weighted by Gasteiger charge is -2.19. The summed E-state index contributed by atoms with van der Waals surface area (Å²) in [5, 5.41) is 16.7. The van der Waals surface area contributed by atoms with Crippen LogP contribution in [0.25, 0.3) is 0 Å². The molecule has 0 aliphatic heterocycles. The number of nitrogens with two attached hydrogens (primary N) is 1. The van der Waals surface area contributed by atoms with Crippen molar-refractivity contribution in [1.82, 2.24) is 4.90 Å². The first-order chi connectivity index (χ1) is 6.17. The van der Waals surface area contributed by atoms with Crippen molar-refractivity contribution in [2.45, 2.75) is 19.4 Å². The van der Waals surface area contributed by atoms with Gasteiger partial charge in [-0.15, -0.1) is 0 Å². The second kappa shape index (κ2) is 5.99. The normalized spacial score (nSPS) is 11.1. The highest BCUT2D eigenvalue weighted by Crippen LogP contribution is 1.95. The van der Waals surface area contributed by atoms with E-state index in [0.29, 0.717) is 6.42 Å². The zero-order valence-electron chi connectivity index (χ0n) is 7.53. The molecule has 0 unspecified atom stereocenters. The zero-order chi connectivity index (χ0) is 10.3. The van der Waals surface area contributed by atoms with Crippen LogP contribution in [0.15, 0.2) is 0 Å². The molecule has 13 heavy (non-hydrogen) atoms. The van der Waals surface area contributed by atoms with Gasteiger partial charge >= 0.3 is 0 Å². The van der Waals surface area contributed by atoms with E-state index in [4.69, 9.17) is 16.3 Å². The van der Waals surface area contributed by atoms with Gasteiger partial charge in [0.1, 0.15) is 13.1 Å². The zero-order valence-corrected chi connectivity index (χ0v) is 7.53. The summed E-state index contributed by atoms with van der Waals surface area (Å²) in [4.78, 5) is 12.5. The second-order valence-electron chi connectivity index (χ2n) is 2.53. The summed E-state index contributed by atoms with van der Waals surface area (Å²) in [6.07, 6.45) is 0.506. The highest BCUT2D eigenvalue weighted by molar-refractivity contribution is 5.82. The number of nitrogens with zero attached hydrogens (tertiary/aromatic N) is 3. The summed E-state index contributed by atoms with van der Waals surface area (Å²) in [6, 6.07) is 3.01. The van der Waals surface area contributed by atoms with Crippen LogP contribution in [-0.2, 0) is 4.79 Å². The fraction of sp³-hybridized carbons (Fsp3) is 0.625. The Bertz CT molecular complexity index is 234. The largest absolute Gasteiger partial charge is 0.320 e. The summed E-state index contributed by atoms with van der Waals surface area (Å²) in [5.41, 5.74) is 5.47. The van der Waals surface area contributed by atoms with Crippen molar-refractivity contribution in [3.63, 3.8) is 0 Å². The van der Waals surface area contributed by atoms with Gasteiger partial charge in [0, 0.05) is 0 Å². The minimum atomic E-state index is -0.610. The summed E-state index contributed by atoms with van der Waals surface area (Å²) in [6.45, 7) is 1.61. The van der Waals surface area contributed by atoms with E-state index in [9.17, 15) is 4.79 Å². The molecule has 1 amide bonds. The van der Waals surface area contributed by atoms with Gasteiger partial charge in [-0.2, -0.15) is 10.5 Å². The lowest BCUT2D eigenvalue weighted by atomic mass is 10.2. The van der Waals surface area contributed by atoms with Crippen LogP contribution in [0, 0.1) is 22.7 Å². The van der Waals surface area contributed by atoms with E-state index in [1.54, 1.807) is 6.92 Å². The first-order valence-electron chi connectivity index (χ1n) is 3.95. The third-order valence-electron chi connectivity index (χ3n) is 1.59. The van der Waals surface area contributed by atoms with Crippen molar-refractivity contribution in [2.75, 3.05) is 13.1 Å². The molecule has 1 atom stereocenters. The SMILES string of the molecule is CC[C@@H](N)C(=O)N(CC#N)CC#N. The average Bonchev–Trinajstić information content (AvgIpc) is 2.15. The Morgan fingerprint density at radius 1 is 1.46 bits per heavy atom. The van der Waals surface area contributed by atoms with E-state index in [1.807, 2.05) is 12.1 Å². The summed E-state index contributed by atoms with van der Waals surface area (Å²) >= 11 is 0. The van der Waals surface area contributed by atoms with E-state index in [2.05, 4.69) is 0 Å². The number of carbonyl (C=O) groups is 1. The smallest absolute Gasteiger partial charge is 0.241 e. The van der Waals surface area contributed by atoms with Crippen LogP contribution >= 0.6 is 0 Å². The Morgan fingerprint density at radius 3 is 2.23 bits per heavy atom. The third-order valence-corrected chi connectivity index (χ3v) is 1.59. The molecule has 0 aromatic carbocycles. The van der Waals surface area contributed by atoms with Crippen LogP contribution in [0.1, 0.15) is 13.3 Å². The van der Waals surface area contributed by atoms with E-state index < -0.39 is 6.04 Å². The number of hydrogen-bond donors (Lipinski definition) is 1. The Morgan fingerprint density at radius 2 is 1.92 bits per heavy atom. The number of hydrogen-bond acceptors (Lipinski definition) is 4. The lowest BCUT2D eigenvalue weighted by molar-refractivity contribution is -0.131. The van der Waals surface area contributed by atoms with Gasteiger partial charge in [-0.3, -0.25) is 4.79 Å². The molecular formula is C8H12N4O. The van der Waals surface area contributed by atoms with Crippen LogP contribution in [0.3, 0.4) is 0 Å². The van der Waals surface area contributed by atoms with Crippen molar-refractivity contribution >= 4 is 5.91 Å². The third kappa shape index (κ3) is 3.55. The summed E-state index contributed by atoms with van der Waals surface area (Å²) < 4.78 is 0.